The number of amides is 1. The number of carbonyl (C=O) groups is 1. The van der Waals surface area contributed by atoms with E-state index in [0.29, 0.717) is 48.5 Å². The van der Waals surface area contributed by atoms with Crippen LogP contribution in [0.2, 0.25) is 20.1 Å². The molecule has 5 aromatic rings. The van der Waals surface area contributed by atoms with Gasteiger partial charge in [-0.05, 0) is 73.7 Å². The Kier molecular flexibility index (Phi) is 6.58. The van der Waals surface area contributed by atoms with Crippen molar-refractivity contribution in [3.63, 3.8) is 0 Å². The molecule has 0 spiro atoms. The average Bonchev–Trinajstić information content (AvgIpc) is 3.86. The first-order chi connectivity index (χ1) is 19.8. The van der Waals surface area contributed by atoms with Crippen molar-refractivity contribution in [3.05, 3.63) is 104 Å². The van der Waals surface area contributed by atoms with Crippen LogP contribution in [0.5, 0.6) is 0 Å². The first kappa shape index (κ1) is 26.5. The van der Waals surface area contributed by atoms with E-state index < -0.39 is 5.41 Å². The van der Waals surface area contributed by atoms with Crippen LogP contribution < -0.4 is 5.32 Å². The van der Waals surface area contributed by atoms with E-state index in [1.54, 1.807) is 35.0 Å². The van der Waals surface area contributed by atoms with Gasteiger partial charge >= 0.3 is 0 Å². The summed E-state index contributed by atoms with van der Waals surface area (Å²) in [6.07, 6.45) is 3.55. The van der Waals surface area contributed by atoms with Crippen LogP contribution in [0.4, 0.5) is 0 Å². The highest BCUT2D eigenvalue weighted by atomic mass is 35.5. The number of hydrogen-bond donors (Lipinski definition) is 1. The number of benzene rings is 3. The van der Waals surface area contributed by atoms with Gasteiger partial charge in [0.25, 0.3) is 11.8 Å². The minimum Gasteiger partial charge on any atom is -0.418 e. The van der Waals surface area contributed by atoms with Gasteiger partial charge in [-0.15, -0.1) is 10.2 Å². The second kappa shape index (κ2) is 10.2. The van der Waals surface area contributed by atoms with Crippen molar-refractivity contribution in [1.29, 1.82) is 0 Å². The van der Waals surface area contributed by atoms with Gasteiger partial charge in [-0.2, -0.15) is 5.10 Å². The highest BCUT2D eigenvalue weighted by Gasteiger charge is 2.51. The fraction of sp³-hybridized carbons (Fsp3) is 0.200. The summed E-state index contributed by atoms with van der Waals surface area (Å²) in [5, 5.41) is 18.8. The van der Waals surface area contributed by atoms with Crippen molar-refractivity contribution >= 4 is 52.3 Å². The van der Waals surface area contributed by atoms with Crippen LogP contribution in [0.25, 0.3) is 28.5 Å². The Morgan fingerprint density at radius 3 is 2.17 bits per heavy atom. The second-order valence-corrected chi connectivity index (χ2v) is 12.1. The van der Waals surface area contributed by atoms with E-state index in [4.69, 9.17) is 55.9 Å². The molecule has 41 heavy (non-hydrogen) atoms. The third-order valence-corrected chi connectivity index (χ3v) is 8.51. The third kappa shape index (κ3) is 4.91. The molecule has 3 aromatic carbocycles. The molecule has 1 N–H and O–H groups in total. The topological polar surface area (TPSA) is 85.8 Å². The predicted octanol–water partition coefficient (Wildman–Crippen LogP) is 8.18. The summed E-state index contributed by atoms with van der Waals surface area (Å²) in [5.41, 5.74) is 2.96. The number of hydrogen-bond acceptors (Lipinski definition) is 5. The van der Waals surface area contributed by atoms with E-state index in [9.17, 15) is 4.79 Å². The maximum atomic E-state index is 13.9. The lowest BCUT2D eigenvalue weighted by Crippen LogP contribution is -2.26. The molecule has 7 rings (SSSR count). The summed E-state index contributed by atoms with van der Waals surface area (Å²) in [4.78, 5) is 13.9. The lowest BCUT2D eigenvalue weighted by molar-refractivity contribution is 0.0952. The van der Waals surface area contributed by atoms with Crippen LogP contribution in [0, 0.1) is 0 Å². The quantitative estimate of drug-likeness (QED) is 0.197. The Morgan fingerprint density at radius 1 is 0.878 bits per heavy atom. The van der Waals surface area contributed by atoms with E-state index >= 15 is 0 Å². The summed E-state index contributed by atoms with van der Waals surface area (Å²) in [5.74, 6) is 0.318. The summed E-state index contributed by atoms with van der Waals surface area (Å²) in [7, 11) is 0. The zero-order valence-corrected chi connectivity index (χ0v) is 24.4. The smallest absolute Gasteiger partial charge is 0.269 e. The van der Waals surface area contributed by atoms with Gasteiger partial charge in [-0.3, -0.25) is 4.79 Å². The number of rotatable bonds is 7. The van der Waals surface area contributed by atoms with Crippen molar-refractivity contribution in [2.75, 3.05) is 0 Å². The molecule has 206 valence electrons. The van der Waals surface area contributed by atoms with Crippen LogP contribution in [-0.4, -0.2) is 31.9 Å². The number of carbonyl (C=O) groups excluding carboxylic acids is 1. The van der Waals surface area contributed by atoms with Crippen LogP contribution in [-0.2, 0) is 5.41 Å². The lowest BCUT2D eigenvalue weighted by atomic mass is 9.96. The summed E-state index contributed by atoms with van der Waals surface area (Å²) < 4.78 is 7.94. The van der Waals surface area contributed by atoms with Gasteiger partial charge in [0, 0.05) is 26.7 Å². The normalized spacial score (nSPS) is 15.6. The molecule has 2 fully saturated rings. The molecular formula is C30H21Cl4N5O2. The summed E-state index contributed by atoms with van der Waals surface area (Å²) in [6.45, 7) is 0. The zero-order chi connectivity index (χ0) is 28.3. The van der Waals surface area contributed by atoms with Crippen molar-refractivity contribution in [2.45, 2.75) is 37.1 Å². The minimum atomic E-state index is -0.396. The van der Waals surface area contributed by atoms with Crippen molar-refractivity contribution in [3.8, 4) is 28.5 Å². The Labute approximate surface area is 255 Å². The molecule has 7 nitrogen and oxygen atoms in total. The van der Waals surface area contributed by atoms with Gasteiger partial charge in [0.2, 0.25) is 5.89 Å². The molecule has 2 saturated carbocycles. The molecule has 0 radical (unpaired) electrons. The zero-order valence-electron chi connectivity index (χ0n) is 21.4. The first-order valence-corrected chi connectivity index (χ1v) is 14.6. The van der Waals surface area contributed by atoms with Gasteiger partial charge in [0.15, 0.2) is 5.69 Å². The third-order valence-electron chi connectivity index (χ3n) is 7.46. The molecule has 0 unspecified atom stereocenters. The number of nitrogens with one attached hydrogen (secondary N) is 1. The molecule has 2 aliphatic rings. The Bertz CT molecular complexity index is 1790. The van der Waals surface area contributed by atoms with E-state index in [0.717, 1.165) is 31.2 Å². The highest BCUT2D eigenvalue weighted by Crippen LogP contribution is 2.53. The second-order valence-electron chi connectivity index (χ2n) is 10.3. The summed E-state index contributed by atoms with van der Waals surface area (Å²) in [6, 6.07) is 20.0. The SMILES string of the molecule is O=C(NC1CC1)c1c(-c2nnc(C3(c4ccc(Cl)cc4)CC3)o2)nn(-c2ccc(Cl)cc2Cl)c1-c1ccc(Cl)cc1. The van der Waals surface area contributed by atoms with Gasteiger partial charge in [-0.1, -0.05) is 70.7 Å². The highest BCUT2D eigenvalue weighted by molar-refractivity contribution is 6.35. The van der Waals surface area contributed by atoms with Crippen LogP contribution in [0.1, 0.15) is 47.5 Å². The molecule has 0 aliphatic heterocycles. The van der Waals surface area contributed by atoms with E-state index in [2.05, 4.69) is 15.5 Å². The lowest BCUT2D eigenvalue weighted by Gasteiger charge is -2.12. The van der Waals surface area contributed by atoms with Gasteiger partial charge < -0.3 is 9.73 Å². The fourth-order valence-corrected chi connectivity index (χ4v) is 5.74. The number of halogens is 4. The van der Waals surface area contributed by atoms with Gasteiger partial charge in [-0.25, -0.2) is 4.68 Å². The van der Waals surface area contributed by atoms with Gasteiger partial charge in [0.05, 0.1) is 27.4 Å². The number of aromatic nitrogens is 4. The largest absolute Gasteiger partial charge is 0.418 e. The Morgan fingerprint density at radius 2 is 1.54 bits per heavy atom. The minimum absolute atomic E-state index is 0.105. The molecule has 11 heteroatoms. The van der Waals surface area contributed by atoms with E-state index in [1.165, 1.54) is 0 Å². The van der Waals surface area contributed by atoms with Crippen molar-refractivity contribution < 1.29 is 9.21 Å². The molecule has 0 atom stereocenters. The van der Waals surface area contributed by atoms with Gasteiger partial charge in [0.1, 0.15) is 0 Å². The van der Waals surface area contributed by atoms with Crippen molar-refractivity contribution in [2.24, 2.45) is 0 Å². The van der Waals surface area contributed by atoms with Crippen molar-refractivity contribution in [1.82, 2.24) is 25.3 Å². The molecule has 2 aromatic heterocycles. The predicted molar refractivity (Wildman–Crippen MR) is 159 cm³/mol. The molecule has 2 heterocycles. The number of nitrogens with zero attached hydrogens (tertiary/aromatic N) is 4. The monoisotopic (exact) mass is 623 g/mol. The molecule has 0 bridgehead atoms. The molecule has 2 aliphatic carbocycles. The Hall–Kier alpha value is -3.36. The van der Waals surface area contributed by atoms with Crippen LogP contribution in [0.15, 0.2) is 71.1 Å². The summed E-state index contributed by atoms with van der Waals surface area (Å²) >= 11 is 25.2. The molecule has 0 saturated heterocycles. The average molecular weight is 625 g/mol. The fourth-order valence-electron chi connectivity index (χ4n) is 5.00. The maximum Gasteiger partial charge on any atom is 0.269 e. The molecule has 1 amide bonds. The molecular weight excluding hydrogens is 604 g/mol. The van der Waals surface area contributed by atoms with E-state index in [1.807, 2.05) is 36.4 Å². The van der Waals surface area contributed by atoms with Crippen LogP contribution >= 0.6 is 46.4 Å². The Balaban J connectivity index is 1.42. The maximum absolute atomic E-state index is 13.9. The van der Waals surface area contributed by atoms with Crippen LogP contribution in [0.3, 0.4) is 0 Å². The van der Waals surface area contributed by atoms with E-state index in [-0.39, 0.29) is 23.5 Å². The standard InChI is InChI=1S/C30H21Cl4N5O2/c31-18-5-1-16(2-6-18)26-24(27(40)35-21-10-11-21)25(38-39(26)23-12-9-20(33)15-22(23)34)28-36-37-29(41-28)30(13-14-30)17-3-7-19(32)8-4-17/h1-9,12,15,21H,10-11,13-14H2,(H,35,40). The first-order valence-electron chi connectivity index (χ1n) is 13.1.